The van der Waals surface area contributed by atoms with E-state index in [2.05, 4.69) is 29.6 Å². The van der Waals surface area contributed by atoms with Crippen LogP contribution in [0, 0.1) is 0 Å². The molecule has 4 rings (SSSR count). The van der Waals surface area contributed by atoms with Crippen molar-refractivity contribution in [2.75, 3.05) is 18.1 Å². The molecule has 1 aromatic heterocycles. The van der Waals surface area contributed by atoms with E-state index in [4.69, 9.17) is 4.98 Å². The molecular formula is C14H14N2S3. The number of aromatic nitrogens is 1. The quantitative estimate of drug-likeness (QED) is 0.866. The van der Waals surface area contributed by atoms with E-state index in [0.717, 1.165) is 18.1 Å². The Hall–Kier alpha value is -0.490. The molecule has 1 atom stereocenters. The van der Waals surface area contributed by atoms with Crippen molar-refractivity contribution in [1.29, 1.82) is 0 Å². The van der Waals surface area contributed by atoms with Crippen LogP contribution in [-0.4, -0.2) is 23.0 Å². The van der Waals surface area contributed by atoms with Gasteiger partial charge in [0.25, 0.3) is 0 Å². The van der Waals surface area contributed by atoms with Gasteiger partial charge in [0, 0.05) is 39.1 Å². The predicted octanol–water partition coefficient (Wildman–Crippen LogP) is 3.79. The summed E-state index contributed by atoms with van der Waals surface area (Å²) in [7, 11) is 0. The number of hydrogen-bond donors (Lipinski definition) is 1. The van der Waals surface area contributed by atoms with Crippen LogP contribution in [0.15, 0.2) is 29.2 Å². The first-order chi connectivity index (χ1) is 9.42. The fourth-order valence-corrected chi connectivity index (χ4v) is 5.81. The van der Waals surface area contributed by atoms with Crippen molar-refractivity contribution in [1.82, 2.24) is 10.3 Å². The molecule has 1 fully saturated rings. The molecule has 0 spiro atoms. The van der Waals surface area contributed by atoms with Gasteiger partial charge in [-0.3, -0.25) is 0 Å². The third kappa shape index (κ3) is 2.23. The third-order valence-electron chi connectivity index (χ3n) is 3.43. The van der Waals surface area contributed by atoms with Gasteiger partial charge in [0.2, 0.25) is 0 Å². The van der Waals surface area contributed by atoms with Crippen LogP contribution in [0.25, 0.3) is 11.3 Å². The van der Waals surface area contributed by atoms with E-state index in [-0.39, 0.29) is 0 Å². The number of thioether (sulfide) groups is 2. The van der Waals surface area contributed by atoms with Gasteiger partial charge < -0.3 is 5.32 Å². The van der Waals surface area contributed by atoms with Gasteiger partial charge in [0.05, 0.1) is 11.7 Å². The van der Waals surface area contributed by atoms with Gasteiger partial charge in [-0.2, -0.15) is 11.8 Å². The molecule has 1 N–H and O–H groups in total. The standard InChI is InChI=1S/C14H14N2S3/c1-2-4-11-9(3-1)13-12(8-18-11)19-14(16-13)10-7-17-6-5-15-10/h1-4,10,15H,5-8H2. The van der Waals surface area contributed by atoms with Crippen LogP contribution in [0.3, 0.4) is 0 Å². The normalized spacial score (nSPS) is 21.8. The smallest absolute Gasteiger partial charge is 0.111 e. The molecule has 1 saturated heterocycles. The predicted molar refractivity (Wildman–Crippen MR) is 85.2 cm³/mol. The first-order valence-electron chi connectivity index (χ1n) is 6.45. The summed E-state index contributed by atoms with van der Waals surface area (Å²) < 4.78 is 0. The average Bonchev–Trinajstić information content (AvgIpc) is 2.93. The molecule has 19 heavy (non-hydrogen) atoms. The molecule has 1 unspecified atom stereocenters. The summed E-state index contributed by atoms with van der Waals surface area (Å²) in [4.78, 5) is 7.76. The van der Waals surface area contributed by atoms with E-state index in [1.165, 1.54) is 31.8 Å². The molecule has 2 aliphatic rings. The minimum atomic E-state index is 0.450. The molecule has 1 aromatic carbocycles. The SMILES string of the molecule is c1ccc2c(c1)SCc1sc(C3CSCCN3)nc1-2. The van der Waals surface area contributed by atoms with Crippen molar-refractivity contribution in [3.05, 3.63) is 34.2 Å². The molecule has 0 radical (unpaired) electrons. The maximum atomic E-state index is 4.95. The Balaban J connectivity index is 1.74. The molecule has 0 bridgehead atoms. The summed E-state index contributed by atoms with van der Waals surface area (Å²) in [5.74, 6) is 3.45. The Bertz CT molecular complexity index is 602. The Kier molecular flexibility index (Phi) is 3.31. The zero-order valence-corrected chi connectivity index (χ0v) is 12.8. The lowest BCUT2D eigenvalue weighted by Crippen LogP contribution is -2.30. The zero-order chi connectivity index (χ0) is 12.7. The lowest BCUT2D eigenvalue weighted by Gasteiger charge is -2.20. The highest BCUT2D eigenvalue weighted by atomic mass is 32.2. The summed E-state index contributed by atoms with van der Waals surface area (Å²) in [5.41, 5.74) is 2.55. The van der Waals surface area contributed by atoms with Gasteiger partial charge in [-0.15, -0.1) is 23.1 Å². The van der Waals surface area contributed by atoms with Crippen LogP contribution in [0.5, 0.6) is 0 Å². The molecule has 0 amide bonds. The molecule has 2 aromatic rings. The van der Waals surface area contributed by atoms with E-state index in [1.807, 2.05) is 34.9 Å². The fraction of sp³-hybridized carbons (Fsp3) is 0.357. The van der Waals surface area contributed by atoms with Gasteiger partial charge in [0.1, 0.15) is 5.01 Å². The summed E-state index contributed by atoms with van der Waals surface area (Å²) in [6.07, 6.45) is 0. The van der Waals surface area contributed by atoms with Gasteiger partial charge in [-0.25, -0.2) is 4.98 Å². The van der Waals surface area contributed by atoms with Crippen LogP contribution in [0.2, 0.25) is 0 Å². The van der Waals surface area contributed by atoms with Crippen molar-refractivity contribution in [3.63, 3.8) is 0 Å². The first-order valence-corrected chi connectivity index (χ1v) is 9.40. The number of nitrogens with zero attached hydrogens (tertiary/aromatic N) is 1. The van der Waals surface area contributed by atoms with Gasteiger partial charge in [-0.05, 0) is 6.07 Å². The molecule has 3 heterocycles. The van der Waals surface area contributed by atoms with Crippen molar-refractivity contribution in [2.45, 2.75) is 16.7 Å². The second kappa shape index (κ2) is 5.13. The Morgan fingerprint density at radius 2 is 2.21 bits per heavy atom. The number of benzene rings is 1. The van der Waals surface area contributed by atoms with Crippen molar-refractivity contribution < 1.29 is 0 Å². The number of hydrogen-bond acceptors (Lipinski definition) is 5. The summed E-state index contributed by atoms with van der Waals surface area (Å²) >= 11 is 5.86. The monoisotopic (exact) mass is 306 g/mol. The largest absolute Gasteiger partial charge is 0.306 e. The lowest BCUT2D eigenvalue weighted by molar-refractivity contribution is 0.592. The highest BCUT2D eigenvalue weighted by Crippen LogP contribution is 2.44. The number of rotatable bonds is 1. The van der Waals surface area contributed by atoms with Crippen LogP contribution >= 0.6 is 34.9 Å². The van der Waals surface area contributed by atoms with Crippen LogP contribution in [-0.2, 0) is 5.75 Å². The summed E-state index contributed by atoms with van der Waals surface area (Å²) in [6.45, 7) is 1.10. The first kappa shape index (κ1) is 12.3. The van der Waals surface area contributed by atoms with Gasteiger partial charge >= 0.3 is 0 Å². The van der Waals surface area contributed by atoms with Gasteiger partial charge in [-0.1, -0.05) is 18.2 Å². The summed E-state index contributed by atoms with van der Waals surface area (Å²) in [5, 5.41) is 4.86. The molecule has 2 aliphatic heterocycles. The fourth-order valence-electron chi connectivity index (χ4n) is 2.48. The Morgan fingerprint density at radius 3 is 3.11 bits per heavy atom. The van der Waals surface area contributed by atoms with Crippen LogP contribution in [0.1, 0.15) is 15.9 Å². The minimum absolute atomic E-state index is 0.450. The second-order valence-corrected chi connectivity index (χ2v) is 7.97. The van der Waals surface area contributed by atoms with E-state index < -0.39 is 0 Å². The number of thiazole rings is 1. The molecular weight excluding hydrogens is 292 g/mol. The Morgan fingerprint density at radius 1 is 1.26 bits per heavy atom. The second-order valence-electron chi connectivity index (χ2n) is 4.69. The highest BCUT2D eigenvalue weighted by molar-refractivity contribution is 7.99. The molecule has 98 valence electrons. The topological polar surface area (TPSA) is 24.9 Å². The average molecular weight is 306 g/mol. The molecule has 2 nitrogen and oxygen atoms in total. The molecule has 5 heteroatoms. The molecule has 0 saturated carbocycles. The lowest BCUT2D eigenvalue weighted by atomic mass is 10.1. The zero-order valence-electron chi connectivity index (χ0n) is 10.4. The van der Waals surface area contributed by atoms with E-state index in [9.17, 15) is 0 Å². The molecule has 0 aliphatic carbocycles. The van der Waals surface area contributed by atoms with E-state index >= 15 is 0 Å². The van der Waals surface area contributed by atoms with E-state index in [0.29, 0.717) is 6.04 Å². The highest BCUT2D eigenvalue weighted by Gasteiger charge is 2.25. The Labute approximate surface area is 125 Å². The maximum absolute atomic E-state index is 4.95. The van der Waals surface area contributed by atoms with Gasteiger partial charge in [0.15, 0.2) is 0 Å². The van der Waals surface area contributed by atoms with Crippen LogP contribution < -0.4 is 5.32 Å². The number of nitrogens with one attached hydrogen (secondary N) is 1. The van der Waals surface area contributed by atoms with Crippen molar-refractivity contribution >= 4 is 34.9 Å². The maximum Gasteiger partial charge on any atom is 0.111 e. The summed E-state index contributed by atoms with van der Waals surface area (Å²) in [6, 6.07) is 9.08. The van der Waals surface area contributed by atoms with E-state index in [1.54, 1.807) is 0 Å². The van der Waals surface area contributed by atoms with Crippen LogP contribution in [0.4, 0.5) is 0 Å². The number of fused-ring (bicyclic) bond motifs is 3. The van der Waals surface area contributed by atoms with Crippen molar-refractivity contribution in [3.8, 4) is 11.3 Å². The van der Waals surface area contributed by atoms with Crippen molar-refractivity contribution in [2.24, 2.45) is 0 Å². The minimum Gasteiger partial charge on any atom is -0.306 e. The third-order valence-corrected chi connectivity index (χ3v) is 6.95.